The van der Waals surface area contributed by atoms with Crippen LogP contribution in [0.5, 0.6) is 0 Å². The minimum atomic E-state index is -0.992. The summed E-state index contributed by atoms with van der Waals surface area (Å²) in [4.78, 5) is 15.7. The smallest absolute Gasteiger partial charge is 0.306 e. The first-order valence-corrected chi connectivity index (χ1v) is 6.46. The van der Waals surface area contributed by atoms with Crippen LogP contribution in [-0.2, 0) is 20.4 Å². The number of carboxylic acid groups (broad SMARTS) is 1. The van der Waals surface area contributed by atoms with Gasteiger partial charge in [0, 0.05) is 22.0 Å². The lowest BCUT2D eigenvalue weighted by molar-refractivity contribution is -0.138. The van der Waals surface area contributed by atoms with Crippen molar-refractivity contribution in [1.29, 1.82) is 0 Å². The normalized spacial score (nSPS) is 12.5. The van der Waals surface area contributed by atoms with E-state index >= 15 is 0 Å². The highest BCUT2D eigenvalue weighted by atomic mass is 32.2. The number of nitrogens with zero attached hydrogens (tertiary/aromatic N) is 1. The van der Waals surface area contributed by atoms with Crippen molar-refractivity contribution in [3.05, 3.63) is 29.8 Å². The zero-order valence-electron chi connectivity index (χ0n) is 9.33. The first-order chi connectivity index (χ1) is 8.09. The van der Waals surface area contributed by atoms with Crippen LogP contribution in [0.15, 0.2) is 34.3 Å². The zero-order chi connectivity index (χ0) is 12.7. The van der Waals surface area contributed by atoms with Crippen molar-refractivity contribution in [2.24, 2.45) is 5.16 Å². The standard InChI is InChI=1S/C11H13NO4S/c1-17(15)10-4-2-9(3-5-10)8-12-16-7-6-11(13)14/h2-5,8H,6-7H2,1H3,(H,13,14)/b12-8+. The molecule has 5 nitrogen and oxygen atoms in total. The average Bonchev–Trinajstić information content (AvgIpc) is 2.29. The number of hydrogen-bond donors (Lipinski definition) is 1. The van der Waals surface area contributed by atoms with E-state index in [-0.39, 0.29) is 13.0 Å². The Morgan fingerprint density at radius 1 is 1.47 bits per heavy atom. The van der Waals surface area contributed by atoms with Gasteiger partial charge in [-0.3, -0.25) is 9.00 Å². The van der Waals surface area contributed by atoms with E-state index in [0.717, 1.165) is 10.5 Å². The molecule has 6 heteroatoms. The molecular formula is C11H13NO4S. The third-order valence-corrected chi connectivity index (χ3v) is 2.83. The number of carboxylic acids is 1. The molecule has 1 aromatic carbocycles. The van der Waals surface area contributed by atoms with Crippen LogP contribution in [0.4, 0.5) is 0 Å². The first kappa shape index (κ1) is 13.4. The van der Waals surface area contributed by atoms with E-state index in [0.29, 0.717) is 0 Å². The molecule has 0 heterocycles. The quantitative estimate of drug-likeness (QED) is 0.471. The van der Waals surface area contributed by atoms with Gasteiger partial charge < -0.3 is 9.94 Å². The van der Waals surface area contributed by atoms with Gasteiger partial charge in [-0.25, -0.2) is 0 Å². The fraction of sp³-hybridized carbons (Fsp3) is 0.273. The Bertz CT molecular complexity index is 428. The van der Waals surface area contributed by atoms with Gasteiger partial charge in [0.25, 0.3) is 0 Å². The van der Waals surface area contributed by atoms with Crippen LogP contribution >= 0.6 is 0 Å². The predicted molar refractivity (Wildman–Crippen MR) is 64.6 cm³/mol. The fourth-order valence-corrected chi connectivity index (χ4v) is 1.55. The Kier molecular flexibility index (Phi) is 5.35. The molecule has 0 bridgehead atoms. The lowest BCUT2D eigenvalue weighted by Crippen LogP contribution is -1.99. The van der Waals surface area contributed by atoms with Crippen LogP contribution < -0.4 is 0 Å². The summed E-state index contributed by atoms with van der Waals surface area (Å²) in [7, 11) is -0.992. The van der Waals surface area contributed by atoms with Crippen LogP contribution in [0.2, 0.25) is 0 Å². The number of hydrogen-bond acceptors (Lipinski definition) is 4. The molecule has 0 spiro atoms. The maximum Gasteiger partial charge on any atom is 0.306 e. The van der Waals surface area contributed by atoms with Gasteiger partial charge in [0.15, 0.2) is 0 Å². The Balaban J connectivity index is 2.43. The van der Waals surface area contributed by atoms with Crippen molar-refractivity contribution in [3.8, 4) is 0 Å². The van der Waals surface area contributed by atoms with Crippen molar-refractivity contribution >= 4 is 23.0 Å². The highest BCUT2D eigenvalue weighted by Gasteiger charge is 1.97. The Morgan fingerprint density at radius 2 is 2.12 bits per heavy atom. The number of carbonyl (C=O) groups is 1. The second kappa shape index (κ2) is 6.80. The molecule has 0 saturated carbocycles. The van der Waals surface area contributed by atoms with E-state index < -0.39 is 16.8 Å². The number of benzene rings is 1. The zero-order valence-corrected chi connectivity index (χ0v) is 10.1. The average molecular weight is 255 g/mol. The summed E-state index contributed by atoms with van der Waals surface area (Å²) >= 11 is 0. The van der Waals surface area contributed by atoms with Crippen LogP contribution in [0.3, 0.4) is 0 Å². The molecule has 0 aromatic heterocycles. The van der Waals surface area contributed by atoms with Gasteiger partial charge >= 0.3 is 5.97 Å². The topological polar surface area (TPSA) is 76.0 Å². The molecule has 0 amide bonds. The van der Waals surface area contributed by atoms with Crippen LogP contribution in [-0.4, -0.2) is 34.4 Å². The van der Waals surface area contributed by atoms with E-state index in [9.17, 15) is 9.00 Å². The van der Waals surface area contributed by atoms with Gasteiger partial charge in [-0.1, -0.05) is 17.3 Å². The Hall–Kier alpha value is -1.69. The maximum atomic E-state index is 11.1. The number of rotatable bonds is 6. The van der Waals surface area contributed by atoms with Gasteiger partial charge in [-0.15, -0.1) is 0 Å². The summed E-state index contributed by atoms with van der Waals surface area (Å²) in [5.41, 5.74) is 0.800. The van der Waals surface area contributed by atoms with Gasteiger partial charge in [0.2, 0.25) is 0 Å². The lowest BCUT2D eigenvalue weighted by atomic mass is 10.2. The summed E-state index contributed by atoms with van der Waals surface area (Å²) in [6.07, 6.45) is 3.01. The number of aliphatic carboxylic acids is 1. The van der Waals surface area contributed by atoms with Gasteiger partial charge in [-0.2, -0.15) is 0 Å². The third kappa shape index (κ3) is 5.26. The van der Waals surface area contributed by atoms with E-state index in [1.807, 2.05) is 0 Å². The molecule has 1 aromatic rings. The first-order valence-electron chi connectivity index (χ1n) is 4.90. The molecule has 1 atom stereocenters. The molecule has 0 fully saturated rings. The van der Waals surface area contributed by atoms with Crippen LogP contribution in [0.1, 0.15) is 12.0 Å². The molecular weight excluding hydrogens is 242 g/mol. The Labute approximate surface area is 102 Å². The molecule has 0 aliphatic heterocycles. The molecule has 0 aliphatic rings. The van der Waals surface area contributed by atoms with Crippen LogP contribution in [0, 0.1) is 0 Å². The molecule has 0 aliphatic carbocycles. The van der Waals surface area contributed by atoms with Gasteiger partial charge in [0.1, 0.15) is 6.61 Å². The molecule has 0 radical (unpaired) electrons. The van der Waals surface area contributed by atoms with Gasteiger partial charge in [0.05, 0.1) is 12.6 Å². The van der Waals surface area contributed by atoms with E-state index in [4.69, 9.17) is 9.94 Å². The highest BCUT2D eigenvalue weighted by Crippen LogP contribution is 2.05. The second-order valence-electron chi connectivity index (χ2n) is 3.23. The summed E-state index contributed by atoms with van der Waals surface area (Å²) in [6.45, 7) is 0.0445. The third-order valence-electron chi connectivity index (χ3n) is 1.90. The minimum Gasteiger partial charge on any atom is -0.481 e. The minimum absolute atomic E-state index is 0.0445. The van der Waals surface area contributed by atoms with Crippen molar-refractivity contribution in [3.63, 3.8) is 0 Å². The lowest BCUT2D eigenvalue weighted by Gasteiger charge is -1.97. The van der Waals surface area contributed by atoms with Crippen LogP contribution in [0.25, 0.3) is 0 Å². The summed E-state index contributed by atoms with van der Waals surface area (Å²) < 4.78 is 11.1. The largest absolute Gasteiger partial charge is 0.481 e. The fourth-order valence-electron chi connectivity index (χ4n) is 1.03. The van der Waals surface area contributed by atoms with E-state index in [2.05, 4.69) is 5.16 Å². The summed E-state index contributed by atoms with van der Waals surface area (Å²) in [6, 6.07) is 7.02. The van der Waals surface area contributed by atoms with Crippen molar-refractivity contribution in [2.45, 2.75) is 11.3 Å². The van der Waals surface area contributed by atoms with E-state index in [1.54, 1.807) is 30.5 Å². The Morgan fingerprint density at radius 3 is 2.65 bits per heavy atom. The van der Waals surface area contributed by atoms with Crippen molar-refractivity contribution in [1.82, 2.24) is 0 Å². The number of oxime groups is 1. The van der Waals surface area contributed by atoms with Gasteiger partial charge in [-0.05, 0) is 17.7 Å². The highest BCUT2D eigenvalue weighted by molar-refractivity contribution is 7.84. The molecule has 1 rings (SSSR count). The molecule has 1 unspecified atom stereocenters. The molecule has 1 N–H and O–H groups in total. The molecule has 17 heavy (non-hydrogen) atoms. The summed E-state index contributed by atoms with van der Waals surface area (Å²) in [5, 5.41) is 12.0. The molecule has 92 valence electrons. The van der Waals surface area contributed by atoms with E-state index in [1.165, 1.54) is 6.21 Å². The predicted octanol–water partition coefficient (Wildman–Crippen LogP) is 1.25. The maximum absolute atomic E-state index is 11.1. The summed E-state index contributed by atoms with van der Waals surface area (Å²) in [5.74, 6) is -0.921. The molecule has 0 saturated heterocycles. The SMILES string of the molecule is CS(=O)c1ccc(/C=N/OCCC(=O)O)cc1. The second-order valence-corrected chi connectivity index (χ2v) is 4.61. The van der Waals surface area contributed by atoms with Crippen molar-refractivity contribution in [2.75, 3.05) is 12.9 Å². The van der Waals surface area contributed by atoms with Crippen molar-refractivity contribution < 1.29 is 18.9 Å². The monoisotopic (exact) mass is 255 g/mol.